The van der Waals surface area contributed by atoms with Gasteiger partial charge in [-0.25, -0.2) is 4.79 Å². The predicted molar refractivity (Wildman–Crippen MR) is 64.5 cm³/mol. The van der Waals surface area contributed by atoms with Crippen molar-refractivity contribution in [1.29, 1.82) is 0 Å². The van der Waals surface area contributed by atoms with Crippen molar-refractivity contribution in [3.8, 4) is 0 Å². The molecule has 0 amide bonds. The lowest BCUT2D eigenvalue weighted by Gasteiger charge is -2.00. The molecule has 82 valence electrons. The maximum atomic E-state index is 11.5. The Bertz CT molecular complexity index is 650. The van der Waals surface area contributed by atoms with Crippen molar-refractivity contribution >= 4 is 17.0 Å². The highest BCUT2D eigenvalue weighted by Gasteiger charge is 2.02. The van der Waals surface area contributed by atoms with Gasteiger partial charge >= 0.3 is 5.69 Å². The van der Waals surface area contributed by atoms with Crippen LogP contribution in [0.2, 0.25) is 0 Å². The molecule has 2 rings (SSSR count). The van der Waals surface area contributed by atoms with Gasteiger partial charge in [0.1, 0.15) is 0 Å². The summed E-state index contributed by atoms with van der Waals surface area (Å²) in [4.78, 5) is 27.6. The van der Waals surface area contributed by atoms with Crippen molar-refractivity contribution in [2.75, 3.05) is 0 Å². The zero-order chi connectivity index (χ0) is 11.5. The third-order valence-electron chi connectivity index (χ3n) is 2.34. The van der Waals surface area contributed by atoms with Gasteiger partial charge in [0.25, 0.3) is 5.56 Å². The first-order chi connectivity index (χ1) is 7.72. The minimum atomic E-state index is -0.477. The van der Waals surface area contributed by atoms with Gasteiger partial charge in [-0.3, -0.25) is 9.78 Å². The standard InChI is InChI=1S/C12H12N2O2/c1-2-3-5-8-6-4-7-9-10(8)13-12(16)14-11(9)15/h3-7H,2H2,1H3,(H2,13,14,15,16). The quantitative estimate of drug-likeness (QED) is 0.801. The van der Waals surface area contributed by atoms with Crippen LogP contribution in [0.1, 0.15) is 18.9 Å². The third-order valence-corrected chi connectivity index (χ3v) is 2.34. The van der Waals surface area contributed by atoms with Gasteiger partial charge in [-0.1, -0.05) is 31.2 Å². The Morgan fingerprint density at radius 3 is 2.81 bits per heavy atom. The number of rotatable bonds is 2. The van der Waals surface area contributed by atoms with Gasteiger partial charge in [0.2, 0.25) is 0 Å². The first-order valence-electron chi connectivity index (χ1n) is 5.14. The molecule has 1 aromatic heterocycles. The first-order valence-corrected chi connectivity index (χ1v) is 5.14. The number of aromatic amines is 2. The number of aromatic nitrogens is 2. The molecule has 0 fully saturated rings. The zero-order valence-corrected chi connectivity index (χ0v) is 8.91. The Balaban J connectivity index is 2.81. The topological polar surface area (TPSA) is 65.7 Å². The van der Waals surface area contributed by atoms with E-state index in [9.17, 15) is 9.59 Å². The highest BCUT2D eigenvalue weighted by molar-refractivity contribution is 5.86. The minimum absolute atomic E-state index is 0.356. The molecule has 4 nitrogen and oxygen atoms in total. The van der Waals surface area contributed by atoms with Gasteiger partial charge in [0.05, 0.1) is 10.9 Å². The van der Waals surface area contributed by atoms with Gasteiger partial charge < -0.3 is 4.98 Å². The highest BCUT2D eigenvalue weighted by Crippen LogP contribution is 2.13. The van der Waals surface area contributed by atoms with Gasteiger partial charge in [-0.15, -0.1) is 0 Å². The lowest BCUT2D eigenvalue weighted by Crippen LogP contribution is -2.22. The molecule has 0 saturated carbocycles. The molecule has 0 radical (unpaired) electrons. The predicted octanol–water partition coefficient (Wildman–Crippen LogP) is 1.64. The van der Waals surface area contributed by atoms with E-state index in [1.54, 1.807) is 12.1 Å². The van der Waals surface area contributed by atoms with Crippen molar-refractivity contribution in [2.45, 2.75) is 13.3 Å². The summed E-state index contributed by atoms with van der Waals surface area (Å²) in [5, 5.41) is 0.498. The lowest BCUT2D eigenvalue weighted by molar-refractivity contribution is 1.08. The van der Waals surface area contributed by atoms with Crippen LogP contribution in [0.5, 0.6) is 0 Å². The van der Waals surface area contributed by atoms with Gasteiger partial charge in [0.15, 0.2) is 0 Å². The molecule has 0 aliphatic carbocycles. The van der Waals surface area contributed by atoms with Gasteiger partial charge in [-0.2, -0.15) is 0 Å². The molecule has 2 aromatic rings. The molecule has 0 atom stereocenters. The highest BCUT2D eigenvalue weighted by atomic mass is 16.2. The van der Waals surface area contributed by atoms with E-state index in [4.69, 9.17) is 0 Å². The van der Waals surface area contributed by atoms with E-state index < -0.39 is 5.69 Å². The number of allylic oxidation sites excluding steroid dienone is 1. The largest absolute Gasteiger partial charge is 0.326 e. The third kappa shape index (κ3) is 1.82. The summed E-state index contributed by atoms with van der Waals surface area (Å²) < 4.78 is 0. The number of nitrogens with one attached hydrogen (secondary N) is 2. The molecule has 4 heteroatoms. The Hall–Kier alpha value is -2.10. The van der Waals surface area contributed by atoms with Crippen LogP contribution in [0.3, 0.4) is 0 Å². The lowest BCUT2D eigenvalue weighted by atomic mass is 10.1. The number of hydrogen-bond donors (Lipinski definition) is 2. The summed E-state index contributed by atoms with van der Waals surface area (Å²) in [6, 6.07) is 5.35. The molecule has 0 spiro atoms. The average Bonchev–Trinajstić information content (AvgIpc) is 2.26. The van der Waals surface area contributed by atoms with Gasteiger partial charge in [-0.05, 0) is 18.1 Å². The number of fused-ring (bicyclic) bond motifs is 1. The minimum Gasteiger partial charge on any atom is -0.306 e. The zero-order valence-electron chi connectivity index (χ0n) is 8.91. The second-order valence-corrected chi connectivity index (χ2v) is 3.49. The van der Waals surface area contributed by atoms with E-state index in [0.717, 1.165) is 12.0 Å². The summed E-state index contributed by atoms with van der Waals surface area (Å²) in [6.07, 6.45) is 4.79. The van der Waals surface area contributed by atoms with Crippen LogP contribution < -0.4 is 11.2 Å². The van der Waals surface area contributed by atoms with E-state index in [-0.39, 0.29) is 5.56 Å². The van der Waals surface area contributed by atoms with Crippen molar-refractivity contribution in [1.82, 2.24) is 9.97 Å². The van der Waals surface area contributed by atoms with Crippen molar-refractivity contribution in [2.24, 2.45) is 0 Å². The van der Waals surface area contributed by atoms with Crippen molar-refractivity contribution in [3.63, 3.8) is 0 Å². The molecule has 0 aliphatic rings. The SMILES string of the molecule is CCC=Cc1cccc2c(=O)[nH]c(=O)[nH]c12. The Morgan fingerprint density at radius 1 is 1.25 bits per heavy atom. The molecule has 1 aromatic carbocycles. The molecule has 0 saturated heterocycles. The Morgan fingerprint density at radius 2 is 2.06 bits per heavy atom. The van der Waals surface area contributed by atoms with E-state index in [1.165, 1.54) is 0 Å². The van der Waals surface area contributed by atoms with Crippen LogP contribution in [0, 0.1) is 0 Å². The number of benzene rings is 1. The molecular weight excluding hydrogens is 204 g/mol. The molecule has 0 unspecified atom stereocenters. The van der Waals surface area contributed by atoms with E-state index >= 15 is 0 Å². The normalized spacial score (nSPS) is 11.3. The fourth-order valence-electron chi connectivity index (χ4n) is 1.60. The van der Waals surface area contributed by atoms with E-state index in [1.807, 2.05) is 25.1 Å². The molecule has 16 heavy (non-hydrogen) atoms. The summed E-state index contributed by atoms with van der Waals surface area (Å²) >= 11 is 0. The summed E-state index contributed by atoms with van der Waals surface area (Å²) in [5.74, 6) is 0. The fraction of sp³-hybridized carbons (Fsp3) is 0.167. The number of H-pyrrole nitrogens is 2. The molecule has 0 bridgehead atoms. The summed E-state index contributed by atoms with van der Waals surface area (Å²) in [7, 11) is 0. The second-order valence-electron chi connectivity index (χ2n) is 3.49. The van der Waals surface area contributed by atoms with Gasteiger partial charge in [0, 0.05) is 0 Å². The van der Waals surface area contributed by atoms with Crippen molar-refractivity contribution < 1.29 is 0 Å². The first kappa shape index (κ1) is 10.4. The molecule has 0 aliphatic heterocycles. The monoisotopic (exact) mass is 216 g/mol. The van der Waals surface area contributed by atoms with E-state index in [0.29, 0.717) is 10.9 Å². The maximum Gasteiger partial charge on any atom is 0.326 e. The molecular formula is C12H12N2O2. The molecule has 2 N–H and O–H groups in total. The smallest absolute Gasteiger partial charge is 0.306 e. The van der Waals surface area contributed by atoms with Crippen LogP contribution in [-0.4, -0.2) is 9.97 Å². The maximum absolute atomic E-state index is 11.5. The van der Waals surface area contributed by atoms with Crippen LogP contribution in [-0.2, 0) is 0 Å². The second kappa shape index (κ2) is 4.18. The van der Waals surface area contributed by atoms with Crippen LogP contribution >= 0.6 is 0 Å². The van der Waals surface area contributed by atoms with Crippen molar-refractivity contribution in [3.05, 3.63) is 50.7 Å². The average molecular weight is 216 g/mol. The number of hydrogen-bond acceptors (Lipinski definition) is 2. The molecule has 1 heterocycles. The van der Waals surface area contributed by atoms with Crippen LogP contribution in [0.25, 0.3) is 17.0 Å². The Kier molecular flexibility index (Phi) is 2.72. The van der Waals surface area contributed by atoms with E-state index in [2.05, 4.69) is 9.97 Å². The van der Waals surface area contributed by atoms with Crippen LogP contribution in [0.4, 0.5) is 0 Å². The Labute approximate surface area is 91.6 Å². The van der Waals surface area contributed by atoms with Crippen LogP contribution in [0.15, 0.2) is 33.9 Å². The summed E-state index contributed by atoms with van der Waals surface area (Å²) in [6.45, 7) is 2.02. The number of para-hydroxylation sites is 1. The fourth-order valence-corrected chi connectivity index (χ4v) is 1.60. The summed E-state index contributed by atoms with van der Waals surface area (Å²) in [5.41, 5.74) is 0.601.